The summed E-state index contributed by atoms with van der Waals surface area (Å²) in [6.07, 6.45) is -10.5. The van der Waals surface area contributed by atoms with Crippen molar-refractivity contribution in [2.75, 3.05) is 0 Å². The average Bonchev–Trinajstić information content (AvgIpc) is 1.81. The van der Waals surface area contributed by atoms with Crippen molar-refractivity contribution in [1.82, 2.24) is 0 Å². The Labute approximate surface area is 74.7 Å². The molecule has 0 bridgehead atoms. The summed E-state index contributed by atoms with van der Waals surface area (Å²) in [4.78, 5) is 0. The third-order valence-electron chi connectivity index (χ3n) is 1.33. The number of alkyl halides is 7. The SMILES string of the molecule is C=IC(C)(C(F)(F)F)C(F)(F)F. The number of rotatable bonds is 1. The summed E-state index contributed by atoms with van der Waals surface area (Å²) in [6, 6.07) is 0. The van der Waals surface area contributed by atoms with Crippen LogP contribution in [-0.4, -0.2) is 20.3 Å². The number of hydrogen-bond acceptors (Lipinski definition) is 0. The Kier molecular flexibility index (Phi) is 3.20. The van der Waals surface area contributed by atoms with Gasteiger partial charge in [0, 0.05) is 0 Å². The smallest absolute Gasteiger partial charge is 0.169 e. The van der Waals surface area contributed by atoms with E-state index in [2.05, 4.69) is 4.51 Å². The third-order valence-corrected chi connectivity index (χ3v) is 4.08. The van der Waals surface area contributed by atoms with Crippen LogP contribution >= 0.6 is 20.7 Å². The second-order valence-corrected chi connectivity index (χ2v) is 5.05. The van der Waals surface area contributed by atoms with E-state index in [4.69, 9.17) is 0 Å². The van der Waals surface area contributed by atoms with E-state index in [0.29, 0.717) is 0 Å². The fraction of sp³-hybridized carbons (Fsp3) is 0.800. The predicted octanol–water partition coefficient (Wildman–Crippen LogP) is 3.27. The molecule has 0 aromatic heterocycles. The number of halogens is 7. The summed E-state index contributed by atoms with van der Waals surface area (Å²) in [5.41, 5.74) is 0. The first-order valence-corrected chi connectivity index (χ1v) is 5.19. The summed E-state index contributed by atoms with van der Waals surface area (Å²) in [5, 5.41) is 0. The lowest BCUT2D eigenvalue weighted by molar-refractivity contribution is -0.252. The van der Waals surface area contributed by atoms with Crippen molar-refractivity contribution < 1.29 is 26.3 Å². The molecule has 0 unspecified atom stereocenters. The summed E-state index contributed by atoms with van der Waals surface area (Å²) >= 11 is -2.22. The lowest BCUT2D eigenvalue weighted by Gasteiger charge is -2.29. The van der Waals surface area contributed by atoms with Crippen LogP contribution in [0.25, 0.3) is 0 Å². The summed E-state index contributed by atoms with van der Waals surface area (Å²) < 4.78 is 70.4. The third kappa shape index (κ3) is 1.91. The van der Waals surface area contributed by atoms with E-state index < -0.39 is 36.5 Å². The van der Waals surface area contributed by atoms with Crippen molar-refractivity contribution in [1.29, 1.82) is 0 Å². The van der Waals surface area contributed by atoms with E-state index in [0.717, 1.165) is 0 Å². The van der Waals surface area contributed by atoms with E-state index in [1.807, 2.05) is 0 Å². The highest BCUT2D eigenvalue weighted by Crippen LogP contribution is 2.51. The maximum atomic E-state index is 11.9. The van der Waals surface area contributed by atoms with Gasteiger partial charge >= 0.3 is 12.4 Å². The minimum atomic E-state index is -5.25. The van der Waals surface area contributed by atoms with Crippen molar-refractivity contribution >= 4 is 25.2 Å². The summed E-state index contributed by atoms with van der Waals surface area (Å²) in [5.74, 6) is 0. The molecule has 0 spiro atoms. The Balaban J connectivity index is 5.09. The summed E-state index contributed by atoms with van der Waals surface area (Å²) in [7, 11) is 0. The molecule has 0 atom stereocenters. The van der Waals surface area contributed by atoms with Crippen LogP contribution in [-0.2, 0) is 0 Å². The lowest BCUT2D eigenvalue weighted by Crippen LogP contribution is -2.49. The van der Waals surface area contributed by atoms with Gasteiger partial charge in [-0.3, -0.25) is 0 Å². The Morgan fingerprint density at radius 3 is 1.17 bits per heavy atom. The average molecular weight is 306 g/mol. The van der Waals surface area contributed by atoms with Crippen molar-refractivity contribution in [3.63, 3.8) is 0 Å². The van der Waals surface area contributed by atoms with Crippen LogP contribution in [0.5, 0.6) is 0 Å². The molecule has 0 radical (unpaired) electrons. The Hall–Kier alpha value is 0.180. The van der Waals surface area contributed by atoms with Crippen LogP contribution < -0.4 is 0 Å². The van der Waals surface area contributed by atoms with E-state index in [9.17, 15) is 26.3 Å². The van der Waals surface area contributed by atoms with E-state index >= 15 is 0 Å². The molecule has 0 fully saturated rings. The zero-order chi connectivity index (χ0) is 10.2. The molecule has 7 heteroatoms. The van der Waals surface area contributed by atoms with Gasteiger partial charge in [-0.05, 0) is 6.92 Å². The summed E-state index contributed by atoms with van der Waals surface area (Å²) in [6.45, 7) is 0.146. The first-order chi connectivity index (χ1) is 5.06. The van der Waals surface area contributed by atoms with Crippen LogP contribution in [0.2, 0.25) is 0 Å². The molecule has 74 valence electrons. The van der Waals surface area contributed by atoms with Gasteiger partial charge in [0.15, 0.2) is 0 Å². The van der Waals surface area contributed by atoms with Crippen LogP contribution in [0.1, 0.15) is 6.92 Å². The molecule has 0 aliphatic heterocycles. The molecule has 0 amide bonds. The van der Waals surface area contributed by atoms with Gasteiger partial charge in [0.1, 0.15) is 0 Å². The maximum absolute atomic E-state index is 11.9. The highest BCUT2D eigenvalue weighted by atomic mass is 127. The zero-order valence-corrected chi connectivity index (χ0v) is 8.01. The normalized spacial score (nSPS) is 14.9. The van der Waals surface area contributed by atoms with Crippen LogP contribution in [0, 0.1) is 0 Å². The van der Waals surface area contributed by atoms with Gasteiger partial charge in [0.2, 0.25) is 3.42 Å². The van der Waals surface area contributed by atoms with Gasteiger partial charge in [0.25, 0.3) is 0 Å². The quantitative estimate of drug-likeness (QED) is 0.396. The molecule has 0 aromatic carbocycles. The molecule has 0 heterocycles. The molecule has 0 saturated carbocycles. The molecule has 0 aliphatic rings. The molecule has 0 rings (SSSR count). The van der Waals surface area contributed by atoms with Gasteiger partial charge in [-0.25, -0.2) is 0 Å². The highest BCUT2D eigenvalue weighted by Gasteiger charge is 2.66. The van der Waals surface area contributed by atoms with Gasteiger partial charge in [-0.15, -0.1) is 20.7 Å². The number of hydrogen-bond donors (Lipinski definition) is 0. The molecule has 0 aliphatic carbocycles. The largest absolute Gasteiger partial charge is 0.411 e. The first-order valence-electron chi connectivity index (χ1n) is 2.59. The van der Waals surface area contributed by atoms with Crippen molar-refractivity contribution in [2.45, 2.75) is 22.7 Å². The van der Waals surface area contributed by atoms with Crippen LogP contribution in [0.3, 0.4) is 0 Å². The molecule has 0 nitrogen and oxygen atoms in total. The van der Waals surface area contributed by atoms with Gasteiger partial charge in [-0.2, -0.15) is 26.3 Å². The topological polar surface area (TPSA) is 0 Å². The predicted molar refractivity (Wildman–Crippen MR) is 41.7 cm³/mol. The van der Waals surface area contributed by atoms with Crippen LogP contribution in [0.4, 0.5) is 26.3 Å². The second kappa shape index (κ2) is 3.15. The van der Waals surface area contributed by atoms with Crippen LogP contribution in [0.15, 0.2) is 0 Å². The standard InChI is InChI=1S/C5H5F6I/c1-3(12-2,4(6,7)8)5(9,10)11/h2H2,1H3. The van der Waals surface area contributed by atoms with Crippen molar-refractivity contribution in [2.24, 2.45) is 0 Å². The minimum absolute atomic E-state index is 0.146. The Morgan fingerprint density at radius 2 is 1.17 bits per heavy atom. The lowest BCUT2D eigenvalue weighted by atomic mass is 10.2. The maximum Gasteiger partial charge on any atom is 0.411 e. The minimum Gasteiger partial charge on any atom is -0.169 e. The molecular weight excluding hydrogens is 301 g/mol. The fourth-order valence-electron chi connectivity index (χ4n) is 0.312. The molecule has 0 aromatic rings. The van der Waals surface area contributed by atoms with E-state index in [-0.39, 0.29) is 6.92 Å². The van der Waals surface area contributed by atoms with Gasteiger partial charge < -0.3 is 0 Å². The molecule has 0 saturated heterocycles. The zero-order valence-electron chi connectivity index (χ0n) is 5.85. The monoisotopic (exact) mass is 306 g/mol. The van der Waals surface area contributed by atoms with Crippen molar-refractivity contribution in [3.8, 4) is 0 Å². The fourth-order valence-corrected chi connectivity index (χ4v) is 1.18. The van der Waals surface area contributed by atoms with Gasteiger partial charge in [0.05, 0.1) is 0 Å². The first kappa shape index (κ1) is 12.2. The molecule has 0 N–H and O–H groups in total. The second-order valence-electron chi connectivity index (χ2n) is 2.13. The van der Waals surface area contributed by atoms with Gasteiger partial charge in [-0.1, -0.05) is 4.51 Å². The molecule has 12 heavy (non-hydrogen) atoms. The van der Waals surface area contributed by atoms with Crippen molar-refractivity contribution in [3.05, 3.63) is 0 Å². The Morgan fingerprint density at radius 1 is 0.917 bits per heavy atom. The highest BCUT2D eigenvalue weighted by molar-refractivity contribution is 14.2. The van der Waals surface area contributed by atoms with E-state index in [1.54, 1.807) is 0 Å². The Bertz CT molecular complexity index is 163. The van der Waals surface area contributed by atoms with E-state index in [1.165, 1.54) is 0 Å². The molecular formula is C5H5F6I.